The second-order valence-corrected chi connectivity index (χ2v) is 3.97. The van der Waals surface area contributed by atoms with Crippen molar-refractivity contribution < 1.29 is 5.11 Å². The van der Waals surface area contributed by atoms with Gasteiger partial charge in [0.05, 0.1) is 6.10 Å². The molecule has 0 aromatic heterocycles. The monoisotopic (exact) mass is 172 g/mol. The molecule has 2 aliphatic rings. The van der Waals surface area contributed by atoms with Gasteiger partial charge in [-0.05, 0) is 37.2 Å². The maximum atomic E-state index is 9.44. The van der Waals surface area contributed by atoms with Gasteiger partial charge >= 0.3 is 0 Å². The highest BCUT2D eigenvalue weighted by Gasteiger charge is 2.32. The van der Waals surface area contributed by atoms with Crippen molar-refractivity contribution >= 4 is 11.6 Å². The minimum atomic E-state index is -0.338. The van der Waals surface area contributed by atoms with Crippen LogP contribution in [0.5, 0.6) is 0 Å². The fourth-order valence-electron chi connectivity index (χ4n) is 2.25. The first-order chi connectivity index (χ1) is 5.29. The van der Waals surface area contributed by atoms with Gasteiger partial charge in [0.1, 0.15) is 0 Å². The third-order valence-corrected chi connectivity index (χ3v) is 3.34. The minimum absolute atomic E-state index is 0.338. The van der Waals surface area contributed by atoms with Gasteiger partial charge in [0, 0.05) is 5.03 Å². The van der Waals surface area contributed by atoms with Crippen LogP contribution >= 0.6 is 11.6 Å². The standard InChI is InChI=1S/C9H13ClO/c10-9-7-4-2-1-3-6(7)5-8(9)11/h6,8,11H,1-5H2. The highest BCUT2D eigenvalue weighted by atomic mass is 35.5. The summed E-state index contributed by atoms with van der Waals surface area (Å²) in [5.41, 5.74) is 1.35. The van der Waals surface area contributed by atoms with Crippen molar-refractivity contribution in [2.45, 2.75) is 38.2 Å². The van der Waals surface area contributed by atoms with E-state index in [-0.39, 0.29) is 6.10 Å². The van der Waals surface area contributed by atoms with E-state index in [0.717, 1.165) is 17.9 Å². The maximum absolute atomic E-state index is 9.44. The van der Waals surface area contributed by atoms with Crippen LogP contribution in [-0.4, -0.2) is 11.2 Å². The Labute approximate surface area is 72.1 Å². The van der Waals surface area contributed by atoms with Crippen molar-refractivity contribution in [3.05, 3.63) is 10.6 Å². The number of hydrogen-bond donors (Lipinski definition) is 1. The van der Waals surface area contributed by atoms with Crippen molar-refractivity contribution in [2.24, 2.45) is 5.92 Å². The van der Waals surface area contributed by atoms with E-state index in [2.05, 4.69) is 0 Å². The topological polar surface area (TPSA) is 20.2 Å². The van der Waals surface area contributed by atoms with Gasteiger partial charge in [-0.1, -0.05) is 18.0 Å². The van der Waals surface area contributed by atoms with Crippen molar-refractivity contribution in [3.8, 4) is 0 Å². The van der Waals surface area contributed by atoms with Gasteiger partial charge in [0.25, 0.3) is 0 Å². The number of halogens is 1. The van der Waals surface area contributed by atoms with Crippen molar-refractivity contribution in [2.75, 3.05) is 0 Å². The largest absolute Gasteiger partial charge is 0.387 e. The third-order valence-electron chi connectivity index (χ3n) is 2.85. The summed E-state index contributed by atoms with van der Waals surface area (Å²) in [6.07, 6.45) is 5.48. The van der Waals surface area contributed by atoms with E-state index < -0.39 is 0 Å². The molecule has 0 amide bonds. The number of fused-ring (bicyclic) bond motifs is 1. The molecule has 2 rings (SSSR count). The molecule has 2 aliphatic carbocycles. The first-order valence-electron chi connectivity index (χ1n) is 4.35. The zero-order chi connectivity index (χ0) is 7.84. The predicted molar refractivity (Wildman–Crippen MR) is 45.5 cm³/mol. The summed E-state index contributed by atoms with van der Waals surface area (Å²) in [6.45, 7) is 0. The number of allylic oxidation sites excluding steroid dienone is 1. The summed E-state index contributed by atoms with van der Waals surface area (Å²) in [4.78, 5) is 0. The van der Waals surface area contributed by atoms with E-state index in [4.69, 9.17) is 11.6 Å². The van der Waals surface area contributed by atoms with E-state index in [9.17, 15) is 5.11 Å². The summed E-state index contributed by atoms with van der Waals surface area (Å²) in [5.74, 6) is 0.617. The normalized spacial score (nSPS) is 37.6. The molecule has 0 aromatic carbocycles. The van der Waals surface area contributed by atoms with Crippen LogP contribution in [0.4, 0.5) is 0 Å². The van der Waals surface area contributed by atoms with Crippen LogP contribution in [0.3, 0.4) is 0 Å². The molecule has 0 aliphatic heterocycles. The molecule has 2 unspecified atom stereocenters. The Kier molecular flexibility index (Phi) is 1.94. The fraction of sp³-hybridized carbons (Fsp3) is 0.778. The van der Waals surface area contributed by atoms with Gasteiger partial charge < -0.3 is 5.11 Å². The number of rotatable bonds is 0. The second kappa shape index (κ2) is 2.80. The first kappa shape index (κ1) is 7.63. The summed E-state index contributed by atoms with van der Waals surface area (Å²) in [6, 6.07) is 0. The lowest BCUT2D eigenvalue weighted by Crippen LogP contribution is -2.07. The Morgan fingerprint density at radius 2 is 2.18 bits per heavy atom. The van der Waals surface area contributed by atoms with Crippen LogP contribution < -0.4 is 0 Å². The molecule has 0 radical (unpaired) electrons. The van der Waals surface area contributed by atoms with Crippen molar-refractivity contribution in [3.63, 3.8) is 0 Å². The molecule has 1 fully saturated rings. The first-order valence-corrected chi connectivity index (χ1v) is 4.73. The Bertz CT molecular complexity index is 198. The van der Waals surface area contributed by atoms with Crippen LogP contribution in [0.2, 0.25) is 0 Å². The molecule has 0 bridgehead atoms. The molecule has 11 heavy (non-hydrogen) atoms. The van der Waals surface area contributed by atoms with E-state index in [1.807, 2.05) is 0 Å². The van der Waals surface area contributed by atoms with Crippen molar-refractivity contribution in [1.82, 2.24) is 0 Å². The lowest BCUT2D eigenvalue weighted by atomic mass is 9.86. The lowest BCUT2D eigenvalue weighted by molar-refractivity contribution is 0.202. The quantitative estimate of drug-likeness (QED) is 0.595. The smallest absolute Gasteiger partial charge is 0.0901 e. The zero-order valence-corrected chi connectivity index (χ0v) is 7.27. The van der Waals surface area contributed by atoms with Crippen LogP contribution in [0.15, 0.2) is 10.6 Å². The number of hydrogen-bond acceptors (Lipinski definition) is 1. The Hall–Kier alpha value is -0.0100. The number of aliphatic hydroxyl groups is 1. The van der Waals surface area contributed by atoms with Gasteiger partial charge in [-0.2, -0.15) is 0 Å². The summed E-state index contributed by atoms with van der Waals surface area (Å²) < 4.78 is 0. The molecular weight excluding hydrogens is 160 g/mol. The molecule has 2 heteroatoms. The third kappa shape index (κ3) is 1.21. The van der Waals surface area contributed by atoms with Crippen LogP contribution in [0.25, 0.3) is 0 Å². The molecular formula is C9H13ClO. The molecule has 1 nitrogen and oxygen atoms in total. The van der Waals surface area contributed by atoms with Crippen LogP contribution in [0.1, 0.15) is 32.1 Å². The molecule has 0 saturated heterocycles. The summed E-state index contributed by atoms with van der Waals surface area (Å²) in [7, 11) is 0. The second-order valence-electron chi connectivity index (χ2n) is 3.57. The summed E-state index contributed by atoms with van der Waals surface area (Å²) >= 11 is 5.97. The Balaban J connectivity index is 2.22. The zero-order valence-electron chi connectivity index (χ0n) is 6.52. The van der Waals surface area contributed by atoms with E-state index in [1.54, 1.807) is 0 Å². The fourth-order valence-corrected chi connectivity index (χ4v) is 2.58. The number of aliphatic hydroxyl groups excluding tert-OH is 1. The van der Waals surface area contributed by atoms with E-state index in [0.29, 0.717) is 5.92 Å². The minimum Gasteiger partial charge on any atom is -0.387 e. The van der Waals surface area contributed by atoms with Gasteiger partial charge in [0.2, 0.25) is 0 Å². The highest BCUT2D eigenvalue weighted by Crippen LogP contribution is 2.43. The molecule has 1 N–H and O–H groups in total. The molecule has 62 valence electrons. The Morgan fingerprint density at radius 1 is 1.36 bits per heavy atom. The average Bonchev–Trinajstić information content (AvgIpc) is 2.30. The summed E-state index contributed by atoms with van der Waals surface area (Å²) in [5, 5.41) is 10.2. The molecule has 0 spiro atoms. The Morgan fingerprint density at radius 3 is 2.91 bits per heavy atom. The van der Waals surface area contributed by atoms with E-state index in [1.165, 1.54) is 24.8 Å². The average molecular weight is 173 g/mol. The maximum Gasteiger partial charge on any atom is 0.0901 e. The van der Waals surface area contributed by atoms with Gasteiger partial charge in [-0.25, -0.2) is 0 Å². The van der Waals surface area contributed by atoms with E-state index >= 15 is 0 Å². The highest BCUT2D eigenvalue weighted by molar-refractivity contribution is 6.30. The predicted octanol–water partition coefficient (Wildman–Crippen LogP) is 2.43. The molecule has 1 saturated carbocycles. The SMILES string of the molecule is OC1CC2CCCCC2=C1Cl. The molecule has 2 atom stereocenters. The van der Waals surface area contributed by atoms with Crippen molar-refractivity contribution in [1.29, 1.82) is 0 Å². The molecule has 0 heterocycles. The van der Waals surface area contributed by atoms with Gasteiger partial charge in [-0.3, -0.25) is 0 Å². The van der Waals surface area contributed by atoms with Gasteiger partial charge in [-0.15, -0.1) is 0 Å². The van der Waals surface area contributed by atoms with Crippen LogP contribution in [-0.2, 0) is 0 Å². The molecule has 0 aromatic rings. The van der Waals surface area contributed by atoms with Gasteiger partial charge in [0.15, 0.2) is 0 Å². The van der Waals surface area contributed by atoms with Crippen LogP contribution in [0, 0.1) is 5.92 Å². The lowest BCUT2D eigenvalue weighted by Gasteiger charge is -2.19.